The number of hydrogen-bond donors (Lipinski definition) is 0. The van der Waals surface area contributed by atoms with Crippen LogP contribution >= 0.6 is 0 Å². The maximum Gasteiger partial charge on any atom is 0.157 e. The summed E-state index contributed by atoms with van der Waals surface area (Å²) in [5.41, 5.74) is 2.49. The van der Waals surface area contributed by atoms with E-state index in [4.69, 9.17) is 14.2 Å². The van der Waals surface area contributed by atoms with Gasteiger partial charge in [-0.3, -0.25) is 0 Å². The van der Waals surface area contributed by atoms with Gasteiger partial charge in [-0.2, -0.15) is 0 Å². The van der Waals surface area contributed by atoms with Crippen molar-refractivity contribution in [2.75, 3.05) is 13.7 Å². The Bertz CT molecular complexity index is 326. The molecule has 1 aliphatic rings. The van der Waals surface area contributed by atoms with Gasteiger partial charge in [-0.05, 0) is 18.9 Å². The van der Waals surface area contributed by atoms with Crippen LogP contribution in [0.5, 0.6) is 0 Å². The molecule has 0 bridgehead atoms. The third-order valence-electron chi connectivity index (χ3n) is 3.06. The molecule has 0 saturated carbocycles. The molecule has 0 aliphatic carbocycles. The van der Waals surface area contributed by atoms with E-state index in [1.54, 1.807) is 7.11 Å². The van der Waals surface area contributed by atoms with E-state index >= 15 is 0 Å². The minimum Gasteiger partial charge on any atom is -0.371 e. The van der Waals surface area contributed by atoms with Gasteiger partial charge in [-0.25, -0.2) is 0 Å². The Balaban J connectivity index is 1.74. The van der Waals surface area contributed by atoms with Crippen molar-refractivity contribution in [3.63, 3.8) is 0 Å². The van der Waals surface area contributed by atoms with Gasteiger partial charge in [0.25, 0.3) is 0 Å². The van der Waals surface area contributed by atoms with Gasteiger partial charge in [0, 0.05) is 13.5 Å². The highest BCUT2D eigenvalue weighted by molar-refractivity contribution is 5.20. The summed E-state index contributed by atoms with van der Waals surface area (Å²) in [6.07, 6.45) is 2.07. The molecule has 2 atom stereocenters. The van der Waals surface area contributed by atoms with Crippen LogP contribution in [0.25, 0.3) is 0 Å². The molecule has 2 rings (SSSR count). The fourth-order valence-corrected chi connectivity index (χ4v) is 1.92. The summed E-state index contributed by atoms with van der Waals surface area (Å²) in [4.78, 5) is 0. The number of aryl methyl sites for hydroxylation is 1. The van der Waals surface area contributed by atoms with Gasteiger partial charge in [-0.15, -0.1) is 0 Å². The van der Waals surface area contributed by atoms with Crippen molar-refractivity contribution in [3.8, 4) is 0 Å². The lowest BCUT2D eigenvalue weighted by Gasteiger charge is -2.28. The number of benzene rings is 1. The second kappa shape index (κ2) is 6.15. The van der Waals surface area contributed by atoms with Crippen molar-refractivity contribution in [2.45, 2.75) is 38.8 Å². The van der Waals surface area contributed by atoms with Crippen LogP contribution in [0.1, 0.15) is 24.0 Å². The van der Waals surface area contributed by atoms with Crippen molar-refractivity contribution in [1.29, 1.82) is 0 Å². The van der Waals surface area contributed by atoms with E-state index in [2.05, 4.69) is 31.2 Å². The first-order chi connectivity index (χ1) is 8.28. The van der Waals surface area contributed by atoms with Crippen molar-refractivity contribution < 1.29 is 14.2 Å². The molecule has 1 aromatic rings. The molecule has 1 fully saturated rings. The van der Waals surface area contributed by atoms with Gasteiger partial charge >= 0.3 is 0 Å². The zero-order chi connectivity index (χ0) is 12.1. The van der Waals surface area contributed by atoms with Crippen LogP contribution in [0, 0.1) is 6.92 Å². The lowest BCUT2D eigenvalue weighted by Crippen LogP contribution is -2.32. The van der Waals surface area contributed by atoms with E-state index in [1.807, 2.05) is 0 Å². The molecule has 0 amide bonds. The summed E-state index contributed by atoms with van der Waals surface area (Å²) in [5.74, 6) is 0. The van der Waals surface area contributed by atoms with Gasteiger partial charge in [-0.1, -0.05) is 29.8 Å². The smallest absolute Gasteiger partial charge is 0.157 e. The topological polar surface area (TPSA) is 27.7 Å². The van der Waals surface area contributed by atoms with Crippen LogP contribution in [0.15, 0.2) is 24.3 Å². The van der Waals surface area contributed by atoms with Gasteiger partial charge < -0.3 is 14.2 Å². The van der Waals surface area contributed by atoms with Crippen LogP contribution in [0.4, 0.5) is 0 Å². The SMILES string of the molecule is COC1CCC(OCc2ccc(C)cc2)CO1. The van der Waals surface area contributed by atoms with Crippen molar-refractivity contribution in [2.24, 2.45) is 0 Å². The van der Waals surface area contributed by atoms with E-state index in [9.17, 15) is 0 Å². The minimum atomic E-state index is -0.0470. The molecule has 94 valence electrons. The Morgan fingerprint density at radius 1 is 1.24 bits per heavy atom. The number of hydrogen-bond acceptors (Lipinski definition) is 3. The molecule has 17 heavy (non-hydrogen) atoms. The van der Waals surface area contributed by atoms with Crippen LogP contribution in [-0.4, -0.2) is 26.1 Å². The van der Waals surface area contributed by atoms with E-state index in [-0.39, 0.29) is 12.4 Å². The van der Waals surface area contributed by atoms with Crippen LogP contribution in [0.2, 0.25) is 0 Å². The van der Waals surface area contributed by atoms with E-state index in [1.165, 1.54) is 11.1 Å². The van der Waals surface area contributed by atoms with E-state index < -0.39 is 0 Å². The molecular formula is C14H20O3. The fourth-order valence-electron chi connectivity index (χ4n) is 1.92. The largest absolute Gasteiger partial charge is 0.371 e. The summed E-state index contributed by atoms with van der Waals surface area (Å²) in [6, 6.07) is 8.43. The molecule has 0 radical (unpaired) electrons. The number of ether oxygens (including phenoxy) is 3. The molecule has 0 spiro atoms. The first-order valence-electron chi connectivity index (χ1n) is 6.09. The highest BCUT2D eigenvalue weighted by Gasteiger charge is 2.21. The molecule has 1 saturated heterocycles. The van der Waals surface area contributed by atoms with Gasteiger partial charge in [0.2, 0.25) is 0 Å². The van der Waals surface area contributed by atoms with Gasteiger partial charge in [0.15, 0.2) is 6.29 Å². The molecule has 0 aromatic heterocycles. The lowest BCUT2D eigenvalue weighted by molar-refractivity contribution is -0.184. The molecule has 1 aliphatic heterocycles. The van der Waals surface area contributed by atoms with Gasteiger partial charge in [0.1, 0.15) is 0 Å². The molecule has 1 aromatic carbocycles. The molecule has 3 nitrogen and oxygen atoms in total. The van der Waals surface area contributed by atoms with Crippen molar-refractivity contribution in [1.82, 2.24) is 0 Å². The van der Waals surface area contributed by atoms with E-state index in [0.29, 0.717) is 13.2 Å². The normalized spacial score (nSPS) is 24.8. The minimum absolute atomic E-state index is 0.0470. The number of rotatable bonds is 4. The standard InChI is InChI=1S/C14H20O3/c1-11-3-5-12(6-4-11)9-16-13-7-8-14(15-2)17-10-13/h3-6,13-14H,7-10H2,1-2H3. The predicted molar refractivity (Wildman–Crippen MR) is 65.7 cm³/mol. The third-order valence-corrected chi connectivity index (χ3v) is 3.06. The third kappa shape index (κ3) is 3.80. The maximum atomic E-state index is 5.82. The quantitative estimate of drug-likeness (QED) is 0.804. The Hall–Kier alpha value is -0.900. The average Bonchev–Trinajstić information content (AvgIpc) is 2.39. The summed E-state index contributed by atoms with van der Waals surface area (Å²) in [7, 11) is 1.68. The fraction of sp³-hybridized carbons (Fsp3) is 0.571. The predicted octanol–water partition coefficient (Wildman–Crippen LogP) is 2.66. The zero-order valence-electron chi connectivity index (χ0n) is 10.5. The average molecular weight is 236 g/mol. The Labute approximate surface area is 103 Å². The second-order valence-electron chi connectivity index (χ2n) is 4.49. The maximum absolute atomic E-state index is 5.82. The summed E-state index contributed by atoms with van der Waals surface area (Å²) in [5, 5.41) is 0. The molecule has 0 N–H and O–H groups in total. The Morgan fingerprint density at radius 2 is 2.00 bits per heavy atom. The lowest BCUT2D eigenvalue weighted by atomic mass is 10.1. The first kappa shape index (κ1) is 12.6. The van der Waals surface area contributed by atoms with Crippen LogP contribution in [0.3, 0.4) is 0 Å². The highest BCUT2D eigenvalue weighted by atomic mass is 16.7. The Morgan fingerprint density at radius 3 is 2.59 bits per heavy atom. The number of methoxy groups -OCH3 is 1. The summed E-state index contributed by atoms with van der Waals surface area (Å²) < 4.78 is 16.5. The first-order valence-corrected chi connectivity index (χ1v) is 6.09. The summed E-state index contributed by atoms with van der Waals surface area (Å²) >= 11 is 0. The monoisotopic (exact) mass is 236 g/mol. The van der Waals surface area contributed by atoms with Crippen LogP contribution in [-0.2, 0) is 20.8 Å². The van der Waals surface area contributed by atoms with Crippen LogP contribution < -0.4 is 0 Å². The van der Waals surface area contributed by atoms with Crippen molar-refractivity contribution in [3.05, 3.63) is 35.4 Å². The van der Waals surface area contributed by atoms with Gasteiger partial charge in [0.05, 0.1) is 19.3 Å². The highest BCUT2D eigenvalue weighted by Crippen LogP contribution is 2.17. The summed E-state index contributed by atoms with van der Waals surface area (Å²) in [6.45, 7) is 3.38. The second-order valence-corrected chi connectivity index (χ2v) is 4.49. The molecule has 1 heterocycles. The van der Waals surface area contributed by atoms with Crippen molar-refractivity contribution >= 4 is 0 Å². The van der Waals surface area contributed by atoms with E-state index in [0.717, 1.165) is 12.8 Å². The Kier molecular flexibility index (Phi) is 4.54. The molecule has 2 unspecified atom stereocenters. The zero-order valence-corrected chi connectivity index (χ0v) is 10.5. The molecule has 3 heteroatoms. The molecular weight excluding hydrogens is 216 g/mol.